The van der Waals surface area contributed by atoms with Gasteiger partial charge in [-0.1, -0.05) is 0 Å². The second-order valence-corrected chi connectivity index (χ2v) is 5.27. The van der Waals surface area contributed by atoms with E-state index in [2.05, 4.69) is 13.8 Å². The van der Waals surface area contributed by atoms with Gasteiger partial charge >= 0.3 is 6.03 Å². The van der Waals surface area contributed by atoms with Crippen LogP contribution in [0.3, 0.4) is 0 Å². The van der Waals surface area contributed by atoms with Crippen molar-refractivity contribution in [1.29, 1.82) is 0 Å². The summed E-state index contributed by atoms with van der Waals surface area (Å²) in [5.74, 6) is 0. The molecule has 86 valence electrons. The minimum absolute atomic E-state index is 0.0280. The van der Waals surface area contributed by atoms with E-state index in [1.165, 1.54) is 0 Å². The van der Waals surface area contributed by atoms with E-state index in [0.717, 1.165) is 25.9 Å². The van der Waals surface area contributed by atoms with Crippen molar-refractivity contribution in [1.82, 2.24) is 9.80 Å². The number of urea groups is 1. The van der Waals surface area contributed by atoms with Crippen LogP contribution in [0.4, 0.5) is 4.79 Å². The van der Waals surface area contributed by atoms with Gasteiger partial charge in [-0.2, -0.15) is 0 Å². The maximum absolute atomic E-state index is 11.7. The Bertz CT molecular complexity index is 278. The van der Waals surface area contributed by atoms with E-state index >= 15 is 0 Å². The van der Waals surface area contributed by atoms with E-state index < -0.39 is 0 Å². The number of carbonyl (C=O) groups excluding carboxylic acids is 1. The van der Waals surface area contributed by atoms with Crippen molar-refractivity contribution < 1.29 is 9.53 Å². The molecule has 2 fully saturated rings. The van der Waals surface area contributed by atoms with Crippen molar-refractivity contribution >= 4 is 6.03 Å². The SMILES string of the molecule is CN(C)C(=O)N1CCC2(CC1)OC2(C)C. The Balaban J connectivity index is 1.91. The summed E-state index contributed by atoms with van der Waals surface area (Å²) in [5.41, 5.74) is 0.0936. The molecular weight excluding hydrogens is 192 g/mol. The summed E-state index contributed by atoms with van der Waals surface area (Å²) >= 11 is 0. The number of carbonyl (C=O) groups is 1. The van der Waals surface area contributed by atoms with Gasteiger partial charge in [0.05, 0.1) is 5.60 Å². The number of epoxide rings is 1. The molecule has 2 rings (SSSR count). The molecule has 15 heavy (non-hydrogen) atoms. The van der Waals surface area contributed by atoms with E-state index in [4.69, 9.17) is 4.74 Å². The Kier molecular flexibility index (Phi) is 2.23. The monoisotopic (exact) mass is 212 g/mol. The van der Waals surface area contributed by atoms with Crippen molar-refractivity contribution in [3.05, 3.63) is 0 Å². The molecule has 2 heterocycles. The lowest BCUT2D eigenvalue weighted by Crippen LogP contribution is -2.47. The summed E-state index contributed by atoms with van der Waals surface area (Å²) in [6, 6.07) is 0.114. The average molecular weight is 212 g/mol. The topological polar surface area (TPSA) is 36.1 Å². The molecular formula is C11H20N2O2. The minimum atomic E-state index is 0.0280. The van der Waals surface area contributed by atoms with Crippen LogP contribution in [-0.4, -0.2) is 54.2 Å². The molecule has 0 bridgehead atoms. The van der Waals surface area contributed by atoms with E-state index in [9.17, 15) is 4.79 Å². The van der Waals surface area contributed by atoms with E-state index in [1.54, 1.807) is 19.0 Å². The molecule has 0 radical (unpaired) electrons. The van der Waals surface area contributed by atoms with Crippen LogP contribution in [0, 0.1) is 0 Å². The molecule has 4 heteroatoms. The quantitative estimate of drug-likeness (QED) is 0.568. The number of hydrogen-bond acceptors (Lipinski definition) is 2. The highest BCUT2D eigenvalue weighted by atomic mass is 16.6. The fraction of sp³-hybridized carbons (Fsp3) is 0.909. The number of hydrogen-bond donors (Lipinski definition) is 0. The van der Waals surface area contributed by atoms with Crippen molar-refractivity contribution in [2.24, 2.45) is 0 Å². The Morgan fingerprint density at radius 3 is 2.07 bits per heavy atom. The molecule has 2 amide bonds. The summed E-state index contributed by atoms with van der Waals surface area (Å²) in [4.78, 5) is 15.2. The van der Waals surface area contributed by atoms with E-state index in [0.29, 0.717) is 0 Å². The molecule has 2 aliphatic heterocycles. The second kappa shape index (κ2) is 3.11. The molecule has 0 aromatic heterocycles. The minimum Gasteiger partial charge on any atom is -0.363 e. The molecule has 4 nitrogen and oxygen atoms in total. The third kappa shape index (κ3) is 1.61. The van der Waals surface area contributed by atoms with Crippen molar-refractivity contribution in [3.8, 4) is 0 Å². The maximum Gasteiger partial charge on any atom is 0.319 e. The van der Waals surface area contributed by atoms with Crippen molar-refractivity contribution in [2.75, 3.05) is 27.2 Å². The molecule has 0 aliphatic carbocycles. The number of piperidine rings is 1. The van der Waals surface area contributed by atoms with Gasteiger partial charge in [-0.15, -0.1) is 0 Å². The largest absolute Gasteiger partial charge is 0.363 e. The van der Waals surface area contributed by atoms with Gasteiger partial charge in [0.2, 0.25) is 0 Å². The van der Waals surface area contributed by atoms with E-state index in [1.807, 2.05) is 4.90 Å². The lowest BCUT2D eigenvalue weighted by molar-refractivity contribution is 0.132. The molecule has 0 atom stereocenters. The zero-order valence-electron chi connectivity index (χ0n) is 10.0. The lowest BCUT2D eigenvalue weighted by Gasteiger charge is -2.33. The van der Waals surface area contributed by atoms with Gasteiger partial charge in [0.15, 0.2) is 0 Å². The Labute approximate surface area is 91.2 Å². The van der Waals surface area contributed by atoms with Crippen LogP contribution in [0.5, 0.6) is 0 Å². The summed E-state index contributed by atoms with van der Waals surface area (Å²) in [6.07, 6.45) is 1.94. The first-order valence-corrected chi connectivity index (χ1v) is 5.54. The standard InChI is InChI=1S/C11H20N2O2/c1-10(2)11(15-10)5-7-13(8-6-11)9(14)12(3)4/h5-8H2,1-4H3. The van der Waals surface area contributed by atoms with Crippen LogP contribution in [0.25, 0.3) is 0 Å². The van der Waals surface area contributed by atoms with Crippen LogP contribution < -0.4 is 0 Å². The number of ether oxygens (including phenoxy) is 1. The number of amides is 2. The molecule has 0 N–H and O–H groups in total. The van der Waals surface area contributed by atoms with Gasteiger partial charge in [0.25, 0.3) is 0 Å². The van der Waals surface area contributed by atoms with Crippen molar-refractivity contribution in [3.63, 3.8) is 0 Å². The zero-order valence-corrected chi connectivity index (χ0v) is 10.0. The molecule has 0 aromatic rings. The maximum atomic E-state index is 11.7. The molecule has 0 unspecified atom stereocenters. The first kappa shape index (κ1) is 10.7. The normalized spacial score (nSPS) is 26.5. The van der Waals surface area contributed by atoms with E-state index in [-0.39, 0.29) is 17.2 Å². The van der Waals surface area contributed by atoms with Gasteiger partial charge in [0, 0.05) is 27.2 Å². The zero-order chi connectivity index (χ0) is 11.3. The third-order valence-electron chi connectivity index (χ3n) is 3.73. The number of likely N-dealkylation sites (tertiary alicyclic amines) is 1. The second-order valence-electron chi connectivity index (χ2n) is 5.27. The van der Waals surface area contributed by atoms with Gasteiger partial charge in [-0.25, -0.2) is 4.79 Å². The average Bonchev–Trinajstić information content (AvgIpc) is 2.67. The lowest BCUT2D eigenvalue weighted by atomic mass is 9.87. The van der Waals surface area contributed by atoms with Crippen LogP contribution in [0.1, 0.15) is 26.7 Å². The molecule has 0 aromatic carbocycles. The Morgan fingerprint density at radius 1 is 1.27 bits per heavy atom. The van der Waals surface area contributed by atoms with Crippen molar-refractivity contribution in [2.45, 2.75) is 37.9 Å². The third-order valence-corrected chi connectivity index (χ3v) is 3.73. The van der Waals surface area contributed by atoms with Crippen LogP contribution >= 0.6 is 0 Å². The molecule has 1 spiro atoms. The van der Waals surface area contributed by atoms with Gasteiger partial charge in [-0.05, 0) is 26.7 Å². The molecule has 2 aliphatic rings. The first-order valence-electron chi connectivity index (χ1n) is 5.54. The highest BCUT2D eigenvalue weighted by Crippen LogP contribution is 2.53. The smallest absolute Gasteiger partial charge is 0.319 e. The molecule has 2 saturated heterocycles. The van der Waals surface area contributed by atoms with Crippen LogP contribution in [-0.2, 0) is 4.74 Å². The highest BCUT2D eigenvalue weighted by molar-refractivity contribution is 5.74. The predicted molar refractivity (Wildman–Crippen MR) is 57.8 cm³/mol. The molecule has 0 saturated carbocycles. The van der Waals surface area contributed by atoms with Gasteiger partial charge in [-0.3, -0.25) is 0 Å². The Hall–Kier alpha value is -0.770. The predicted octanol–water partition coefficient (Wildman–Crippen LogP) is 1.31. The fourth-order valence-corrected chi connectivity index (χ4v) is 2.51. The summed E-state index contributed by atoms with van der Waals surface area (Å²) in [5, 5.41) is 0. The van der Waals surface area contributed by atoms with Crippen LogP contribution in [0.15, 0.2) is 0 Å². The van der Waals surface area contributed by atoms with Crippen LogP contribution in [0.2, 0.25) is 0 Å². The summed E-state index contributed by atoms with van der Waals surface area (Å²) < 4.78 is 5.77. The summed E-state index contributed by atoms with van der Waals surface area (Å²) in [7, 11) is 3.59. The number of nitrogens with zero attached hydrogens (tertiary/aromatic N) is 2. The highest BCUT2D eigenvalue weighted by Gasteiger charge is 2.63. The van der Waals surface area contributed by atoms with Gasteiger partial charge in [0.1, 0.15) is 5.60 Å². The first-order chi connectivity index (χ1) is 6.88. The number of rotatable bonds is 0. The fourth-order valence-electron chi connectivity index (χ4n) is 2.51. The Morgan fingerprint density at radius 2 is 1.73 bits per heavy atom. The van der Waals surface area contributed by atoms with Gasteiger partial charge < -0.3 is 14.5 Å². The summed E-state index contributed by atoms with van der Waals surface area (Å²) in [6.45, 7) is 5.91.